The van der Waals surface area contributed by atoms with Crippen LogP contribution in [0.4, 0.5) is 0 Å². The molecule has 49 heavy (non-hydrogen) atoms. The lowest BCUT2D eigenvalue weighted by atomic mass is 9.87. The van der Waals surface area contributed by atoms with E-state index in [-0.39, 0.29) is 49.2 Å². The number of amides is 5. The highest BCUT2D eigenvalue weighted by Gasteiger charge is 2.38. The highest BCUT2D eigenvalue weighted by atomic mass is 32.1. The van der Waals surface area contributed by atoms with Gasteiger partial charge in [0.05, 0.1) is 37.3 Å². The van der Waals surface area contributed by atoms with Gasteiger partial charge in [-0.05, 0) is 25.8 Å². The van der Waals surface area contributed by atoms with Gasteiger partial charge in [0.1, 0.15) is 18.1 Å². The number of esters is 1. The molecule has 0 aromatic carbocycles. The third kappa shape index (κ3) is 15.2. The molecule has 1 aliphatic carbocycles. The van der Waals surface area contributed by atoms with Gasteiger partial charge in [-0.3, -0.25) is 28.8 Å². The van der Waals surface area contributed by atoms with E-state index in [1.165, 1.54) is 6.92 Å². The molecular weight excluding hydrogens is 668 g/mol. The lowest BCUT2D eigenvalue weighted by Gasteiger charge is -2.38. The van der Waals surface area contributed by atoms with Crippen LogP contribution >= 0.6 is 12.6 Å². The largest absolute Gasteiger partial charge is 0.481 e. The predicted octanol–water partition coefficient (Wildman–Crippen LogP) is -1.87. The SMILES string of the molecule is CCOC(=O)C1=C[C@@H](OC(CC)CC)[C@H](NC(C)=O)[C@@H](NC(=O)CCC(=O)NC[C@H](N)C(=O)N[C@@H](CC(=O)O)C(=O)N[C@@H](CS)C(=O)O)C1. The first-order chi connectivity index (χ1) is 23.1. The van der Waals surface area contributed by atoms with Crippen LogP contribution in [-0.4, -0.2) is 119 Å². The van der Waals surface area contributed by atoms with Crippen LogP contribution in [0.5, 0.6) is 0 Å². The molecule has 0 saturated carbocycles. The molecule has 5 amide bonds. The molecule has 0 radical (unpaired) electrons. The summed E-state index contributed by atoms with van der Waals surface area (Å²) in [6, 6.07) is -6.07. The Morgan fingerprint density at radius 1 is 0.939 bits per heavy atom. The highest BCUT2D eigenvalue weighted by molar-refractivity contribution is 7.80. The van der Waals surface area contributed by atoms with Gasteiger partial charge < -0.3 is 52.0 Å². The van der Waals surface area contributed by atoms with Crippen molar-refractivity contribution < 1.29 is 58.0 Å². The van der Waals surface area contributed by atoms with Crippen LogP contribution in [0.3, 0.4) is 0 Å². The molecule has 9 N–H and O–H groups in total. The van der Waals surface area contributed by atoms with Gasteiger partial charge in [0.2, 0.25) is 29.5 Å². The quantitative estimate of drug-likeness (QED) is 0.0465. The van der Waals surface area contributed by atoms with Crippen molar-refractivity contribution in [2.45, 2.75) is 109 Å². The number of carboxylic acids is 2. The standard InChI is InChI=1S/C30H48N6O12S/c1-5-17(6-2)48-22-11-16(30(46)47-7-3)10-19(26(22)33-15(4)37)34-24(39)9-8-23(38)32-13-18(31)27(42)35-20(12-25(40)41)28(43)36-21(14-49)29(44)45/h11,17-22,26,49H,5-10,12-14,31H2,1-4H3,(H,32,38)(H,33,37)(H,34,39)(H,35,42)(H,36,43)(H,40,41)(H,44,45)/t18-,19-,20-,21-,22+,26+/m0/s1. The van der Waals surface area contributed by atoms with Gasteiger partial charge in [-0.2, -0.15) is 12.6 Å². The average Bonchev–Trinajstić information content (AvgIpc) is 3.03. The van der Waals surface area contributed by atoms with Gasteiger partial charge in [0.15, 0.2) is 0 Å². The molecule has 19 heteroatoms. The zero-order chi connectivity index (χ0) is 37.3. The summed E-state index contributed by atoms with van der Waals surface area (Å²) in [7, 11) is 0. The molecule has 6 atom stereocenters. The van der Waals surface area contributed by atoms with E-state index in [1.54, 1.807) is 13.0 Å². The molecule has 276 valence electrons. The fourth-order valence-corrected chi connectivity index (χ4v) is 5.00. The fourth-order valence-electron chi connectivity index (χ4n) is 4.75. The van der Waals surface area contributed by atoms with E-state index in [0.29, 0.717) is 12.8 Å². The second-order valence-corrected chi connectivity index (χ2v) is 11.6. The van der Waals surface area contributed by atoms with Crippen molar-refractivity contribution in [3.8, 4) is 0 Å². The van der Waals surface area contributed by atoms with Crippen LogP contribution in [0.2, 0.25) is 0 Å². The zero-order valence-electron chi connectivity index (χ0n) is 28.0. The molecular formula is C30H48N6O12S. The number of hydrogen-bond acceptors (Lipinski definition) is 12. The minimum Gasteiger partial charge on any atom is -0.481 e. The van der Waals surface area contributed by atoms with Crippen molar-refractivity contribution in [2.75, 3.05) is 18.9 Å². The maximum Gasteiger partial charge on any atom is 0.333 e. The molecule has 1 rings (SSSR count). The molecule has 0 bridgehead atoms. The van der Waals surface area contributed by atoms with E-state index in [1.807, 2.05) is 13.8 Å². The number of ether oxygens (including phenoxy) is 2. The van der Waals surface area contributed by atoms with E-state index in [0.717, 1.165) is 0 Å². The lowest BCUT2D eigenvalue weighted by Crippen LogP contribution is -2.59. The first-order valence-corrected chi connectivity index (χ1v) is 16.5. The van der Waals surface area contributed by atoms with Crippen LogP contribution in [-0.2, 0) is 47.8 Å². The Morgan fingerprint density at radius 3 is 2.08 bits per heavy atom. The Balaban J connectivity index is 2.85. The monoisotopic (exact) mass is 716 g/mol. The van der Waals surface area contributed by atoms with Gasteiger partial charge in [-0.25, -0.2) is 9.59 Å². The van der Waals surface area contributed by atoms with Crippen molar-refractivity contribution in [1.82, 2.24) is 26.6 Å². The van der Waals surface area contributed by atoms with Gasteiger partial charge in [0, 0.05) is 44.1 Å². The molecule has 0 saturated heterocycles. The summed E-state index contributed by atoms with van der Waals surface area (Å²) < 4.78 is 11.3. The molecule has 0 spiro atoms. The predicted molar refractivity (Wildman–Crippen MR) is 176 cm³/mol. The summed E-state index contributed by atoms with van der Waals surface area (Å²) in [5.41, 5.74) is 6.07. The Hall–Kier alpha value is -4.23. The fraction of sp³-hybridized carbons (Fsp3) is 0.667. The number of carbonyl (C=O) groups excluding carboxylic acids is 6. The summed E-state index contributed by atoms with van der Waals surface area (Å²) in [4.78, 5) is 97.5. The molecule has 0 heterocycles. The normalized spacial score (nSPS) is 18.9. The average molecular weight is 717 g/mol. The topological polar surface area (TPSA) is 282 Å². The molecule has 18 nitrogen and oxygen atoms in total. The van der Waals surface area contributed by atoms with Crippen molar-refractivity contribution in [3.63, 3.8) is 0 Å². The smallest absolute Gasteiger partial charge is 0.333 e. The zero-order valence-corrected chi connectivity index (χ0v) is 28.9. The number of hydrogen-bond donors (Lipinski definition) is 9. The first-order valence-electron chi connectivity index (χ1n) is 15.8. The van der Waals surface area contributed by atoms with E-state index in [4.69, 9.17) is 25.4 Å². The van der Waals surface area contributed by atoms with Crippen LogP contribution < -0.4 is 32.3 Å². The van der Waals surface area contributed by atoms with Crippen LogP contribution in [0.1, 0.15) is 66.2 Å². The number of thiol groups is 1. The number of nitrogens with one attached hydrogen (secondary N) is 5. The lowest BCUT2D eigenvalue weighted by molar-refractivity contribution is -0.143. The number of carboxylic acid groups (broad SMARTS) is 2. The van der Waals surface area contributed by atoms with Crippen molar-refractivity contribution >= 4 is 60.1 Å². The van der Waals surface area contributed by atoms with Gasteiger partial charge >= 0.3 is 17.9 Å². The first kappa shape index (κ1) is 42.8. The summed E-state index contributed by atoms with van der Waals surface area (Å²) >= 11 is 3.81. The molecule has 0 fully saturated rings. The molecule has 0 unspecified atom stereocenters. The minimum atomic E-state index is -1.67. The second-order valence-electron chi connectivity index (χ2n) is 11.2. The van der Waals surface area contributed by atoms with Crippen LogP contribution in [0.25, 0.3) is 0 Å². The summed E-state index contributed by atoms with van der Waals surface area (Å²) in [6.45, 7) is 6.51. The van der Waals surface area contributed by atoms with Crippen molar-refractivity contribution in [1.29, 1.82) is 0 Å². The number of rotatable bonds is 21. The molecule has 0 aromatic heterocycles. The maximum atomic E-state index is 13.0. The Morgan fingerprint density at radius 2 is 1.55 bits per heavy atom. The van der Waals surface area contributed by atoms with E-state index in [2.05, 4.69) is 39.2 Å². The summed E-state index contributed by atoms with van der Waals surface area (Å²) in [5, 5.41) is 30.4. The Labute approximate surface area is 289 Å². The minimum absolute atomic E-state index is 0.0287. The number of nitrogens with two attached hydrogens (primary N) is 1. The third-order valence-electron chi connectivity index (χ3n) is 7.35. The Bertz CT molecular complexity index is 1240. The number of aliphatic carboxylic acids is 2. The van der Waals surface area contributed by atoms with E-state index < -0.39 is 90.8 Å². The molecule has 0 aliphatic heterocycles. The van der Waals surface area contributed by atoms with E-state index in [9.17, 15) is 38.4 Å². The van der Waals surface area contributed by atoms with E-state index >= 15 is 0 Å². The second kappa shape index (κ2) is 21.7. The van der Waals surface area contributed by atoms with Gasteiger partial charge in [-0.15, -0.1) is 0 Å². The molecule has 0 aromatic rings. The summed E-state index contributed by atoms with van der Waals surface area (Å²) in [6.07, 6.45) is 0.485. The van der Waals surface area contributed by atoms with Gasteiger partial charge in [0.25, 0.3) is 0 Å². The molecule has 1 aliphatic rings. The van der Waals surface area contributed by atoms with Crippen LogP contribution in [0.15, 0.2) is 11.6 Å². The maximum absolute atomic E-state index is 13.0. The third-order valence-corrected chi connectivity index (χ3v) is 7.72. The highest BCUT2D eigenvalue weighted by Crippen LogP contribution is 2.25. The van der Waals surface area contributed by atoms with Crippen LogP contribution in [0, 0.1) is 0 Å². The van der Waals surface area contributed by atoms with Crippen molar-refractivity contribution in [3.05, 3.63) is 11.6 Å². The Kier molecular flexibility index (Phi) is 18.9. The van der Waals surface area contributed by atoms with Crippen molar-refractivity contribution in [2.24, 2.45) is 5.73 Å². The number of carbonyl (C=O) groups is 8. The summed E-state index contributed by atoms with van der Waals surface area (Å²) in [5.74, 6) is -7.48. The van der Waals surface area contributed by atoms with Gasteiger partial charge in [-0.1, -0.05) is 13.8 Å².